The molecule has 0 saturated carbocycles. The maximum Gasteiger partial charge on any atom is 0.171 e. The van der Waals surface area contributed by atoms with Crippen LogP contribution >= 0.6 is 0 Å². The number of nitrogens with zero attached hydrogens (tertiary/aromatic N) is 5. The predicted molar refractivity (Wildman–Crippen MR) is 104 cm³/mol. The van der Waals surface area contributed by atoms with E-state index in [1.165, 1.54) is 12.8 Å². The highest BCUT2D eigenvalue weighted by Gasteiger charge is 2.21. The molecule has 1 atom stereocenters. The Morgan fingerprint density at radius 2 is 1.89 bits per heavy atom. The first-order valence-corrected chi connectivity index (χ1v) is 9.65. The van der Waals surface area contributed by atoms with Crippen LogP contribution in [0.15, 0.2) is 12.1 Å². The van der Waals surface area contributed by atoms with Crippen LogP contribution in [-0.2, 0) is 13.0 Å². The average molecular weight is 369 g/mol. The Kier molecular flexibility index (Phi) is 4.86. The molecule has 0 bridgehead atoms. The third-order valence-electron chi connectivity index (χ3n) is 5.40. The van der Waals surface area contributed by atoms with E-state index < -0.39 is 0 Å². The lowest BCUT2D eigenvalue weighted by molar-refractivity contribution is 0.172. The summed E-state index contributed by atoms with van der Waals surface area (Å²) in [6.07, 6.45) is 3.37. The Hall–Kier alpha value is -2.41. The Balaban J connectivity index is 1.84. The van der Waals surface area contributed by atoms with Gasteiger partial charge in [0.25, 0.3) is 0 Å². The lowest BCUT2D eigenvalue weighted by Crippen LogP contribution is -2.34. The summed E-state index contributed by atoms with van der Waals surface area (Å²) >= 11 is 0. The third-order valence-corrected chi connectivity index (χ3v) is 5.40. The summed E-state index contributed by atoms with van der Waals surface area (Å²) < 4.78 is 13.0. The molecule has 0 aliphatic carbocycles. The van der Waals surface area contributed by atoms with Gasteiger partial charge in [-0.2, -0.15) is 0 Å². The van der Waals surface area contributed by atoms with E-state index >= 15 is 0 Å². The van der Waals surface area contributed by atoms with Crippen molar-refractivity contribution in [3.63, 3.8) is 0 Å². The Labute approximate surface area is 159 Å². The average Bonchev–Trinajstić information content (AvgIpc) is 3.10. The minimum Gasteiger partial charge on any atom is -0.493 e. The van der Waals surface area contributed by atoms with Crippen LogP contribution in [0.25, 0.3) is 16.6 Å². The highest BCUT2D eigenvalue weighted by Crippen LogP contribution is 2.33. The highest BCUT2D eigenvalue weighted by molar-refractivity contribution is 5.93. The van der Waals surface area contributed by atoms with Gasteiger partial charge < -0.3 is 9.47 Å². The maximum atomic E-state index is 5.47. The first kappa shape index (κ1) is 18.0. The van der Waals surface area contributed by atoms with Crippen LogP contribution in [-0.4, -0.2) is 51.8 Å². The van der Waals surface area contributed by atoms with Crippen LogP contribution in [0, 0.1) is 5.92 Å². The molecule has 0 spiro atoms. The van der Waals surface area contributed by atoms with Crippen LogP contribution in [0.1, 0.15) is 38.3 Å². The largest absolute Gasteiger partial charge is 0.493 e. The van der Waals surface area contributed by atoms with Crippen molar-refractivity contribution in [2.24, 2.45) is 5.92 Å². The molecule has 0 radical (unpaired) electrons. The number of ether oxygens (including phenoxy) is 2. The van der Waals surface area contributed by atoms with E-state index in [4.69, 9.17) is 14.5 Å². The summed E-state index contributed by atoms with van der Waals surface area (Å²) in [5, 5.41) is 9.98. The summed E-state index contributed by atoms with van der Waals surface area (Å²) in [6, 6.07) is 3.85. The highest BCUT2D eigenvalue weighted by atomic mass is 16.5. The van der Waals surface area contributed by atoms with Gasteiger partial charge in [-0.05, 0) is 31.4 Å². The Morgan fingerprint density at radius 3 is 2.59 bits per heavy atom. The van der Waals surface area contributed by atoms with Crippen molar-refractivity contribution in [1.82, 2.24) is 24.5 Å². The predicted octanol–water partition coefficient (Wildman–Crippen LogP) is 3.09. The zero-order valence-electron chi connectivity index (χ0n) is 16.5. The number of benzene rings is 1. The molecule has 4 rings (SSSR count). The number of rotatable bonds is 5. The van der Waals surface area contributed by atoms with Gasteiger partial charge in [-0.1, -0.05) is 13.8 Å². The number of likely N-dealkylation sites (tertiary alicyclic amines) is 1. The quantitative estimate of drug-likeness (QED) is 0.689. The summed E-state index contributed by atoms with van der Waals surface area (Å²) in [5.74, 6) is 4.01. The van der Waals surface area contributed by atoms with Gasteiger partial charge in [0.05, 0.1) is 26.3 Å². The first-order chi connectivity index (χ1) is 13.1. The fraction of sp³-hybridized carbons (Fsp3) is 0.550. The number of piperidine rings is 1. The van der Waals surface area contributed by atoms with Gasteiger partial charge >= 0.3 is 0 Å². The minimum atomic E-state index is 0.672. The van der Waals surface area contributed by atoms with Crippen molar-refractivity contribution in [3.05, 3.63) is 23.8 Å². The molecule has 1 aromatic carbocycles. The molecule has 7 nitrogen and oxygen atoms in total. The molecule has 27 heavy (non-hydrogen) atoms. The molecular weight excluding hydrogens is 342 g/mol. The van der Waals surface area contributed by atoms with Crippen molar-refractivity contribution in [3.8, 4) is 11.5 Å². The van der Waals surface area contributed by atoms with Crippen molar-refractivity contribution in [1.29, 1.82) is 0 Å². The van der Waals surface area contributed by atoms with E-state index in [9.17, 15) is 0 Å². The van der Waals surface area contributed by atoms with E-state index in [2.05, 4.69) is 33.3 Å². The van der Waals surface area contributed by atoms with Gasteiger partial charge in [0, 0.05) is 24.4 Å². The second-order valence-electron chi connectivity index (χ2n) is 7.36. The third kappa shape index (κ3) is 3.20. The summed E-state index contributed by atoms with van der Waals surface area (Å²) in [4.78, 5) is 7.35. The number of fused-ring (bicyclic) bond motifs is 3. The monoisotopic (exact) mass is 369 g/mol. The fourth-order valence-corrected chi connectivity index (χ4v) is 4.06. The van der Waals surface area contributed by atoms with Gasteiger partial charge in [-0.15, -0.1) is 10.2 Å². The van der Waals surface area contributed by atoms with E-state index in [0.29, 0.717) is 11.5 Å². The summed E-state index contributed by atoms with van der Waals surface area (Å²) in [7, 11) is 3.28. The van der Waals surface area contributed by atoms with Crippen molar-refractivity contribution < 1.29 is 9.47 Å². The topological polar surface area (TPSA) is 64.8 Å². The molecule has 0 unspecified atom stereocenters. The molecule has 3 heterocycles. The lowest BCUT2D eigenvalue weighted by atomic mass is 10.0. The molecule has 3 aromatic rings. The van der Waals surface area contributed by atoms with E-state index in [1.807, 2.05) is 12.1 Å². The van der Waals surface area contributed by atoms with Gasteiger partial charge in [-0.25, -0.2) is 4.98 Å². The zero-order valence-corrected chi connectivity index (χ0v) is 16.5. The number of hydrogen-bond acceptors (Lipinski definition) is 6. The Morgan fingerprint density at radius 1 is 1.11 bits per heavy atom. The van der Waals surface area contributed by atoms with Crippen LogP contribution in [0.3, 0.4) is 0 Å². The first-order valence-electron chi connectivity index (χ1n) is 9.65. The molecule has 1 aliphatic heterocycles. The number of aromatic nitrogens is 4. The second kappa shape index (κ2) is 7.31. The van der Waals surface area contributed by atoms with E-state index in [0.717, 1.165) is 60.2 Å². The normalized spacial score (nSPS) is 18.3. The van der Waals surface area contributed by atoms with Crippen molar-refractivity contribution >= 4 is 16.6 Å². The molecular formula is C20H27N5O2. The number of hydrogen-bond donors (Lipinski definition) is 0. The maximum absolute atomic E-state index is 5.47. The van der Waals surface area contributed by atoms with Gasteiger partial charge in [0.2, 0.25) is 0 Å². The molecule has 0 amide bonds. The molecule has 1 aliphatic rings. The van der Waals surface area contributed by atoms with Crippen molar-refractivity contribution in [2.45, 2.75) is 39.7 Å². The van der Waals surface area contributed by atoms with Gasteiger partial charge in [0.1, 0.15) is 5.82 Å². The minimum absolute atomic E-state index is 0.672. The molecule has 0 N–H and O–H groups in total. The van der Waals surface area contributed by atoms with Crippen LogP contribution in [0.4, 0.5) is 0 Å². The zero-order chi connectivity index (χ0) is 19.0. The smallest absolute Gasteiger partial charge is 0.171 e. The summed E-state index contributed by atoms with van der Waals surface area (Å²) in [5.41, 5.74) is 1.68. The Bertz CT molecular complexity index is 968. The lowest BCUT2D eigenvalue weighted by Gasteiger charge is -2.30. The molecule has 2 aromatic heterocycles. The molecule has 1 saturated heterocycles. The van der Waals surface area contributed by atoms with Gasteiger partial charge in [-0.3, -0.25) is 9.30 Å². The number of aryl methyl sites for hydroxylation is 1. The van der Waals surface area contributed by atoms with Crippen LogP contribution in [0.5, 0.6) is 11.5 Å². The van der Waals surface area contributed by atoms with Crippen LogP contribution in [0.2, 0.25) is 0 Å². The molecule has 7 heteroatoms. The standard InChI is InChI=1S/C20H27N5O2/c1-5-18-21-15-10-17(27-4)16(26-3)9-14(15)20-23-22-19(25(18)20)12-24-8-6-7-13(2)11-24/h9-10,13H,5-8,11-12H2,1-4H3/t13-/m1/s1. The summed E-state index contributed by atoms with van der Waals surface area (Å²) in [6.45, 7) is 7.47. The van der Waals surface area contributed by atoms with Crippen molar-refractivity contribution in [2.75, 3.05) is 27.3 Å². The van der Waals surface area contributed by atoms with Gasteiger partial charge in [0.15, 0.2) is 23.0 Å². The fourth-order valence-electron chi connectivity index (χ4n) is 4.06. The van der Waals surface area contributed by atoms with E-state index in [1.54, 1.807) is 14.2 Å². The molecule has 1 fully saturated rings. The van der Waals surface area contributed by atoms with E-state index in [-0.39, 0.29) is 0 Å². The number of methoxy groups -OCH3 is 2. The second-order valence-corrected chi connectivity index (χ2v) is 7.36. The SMILES string of the molecule is CCc1nc2cc(OC)c(OC)cc2c2nnc(CN3CCC[C@@H](C)C3)n12. The molecule has 144 valence electrons. The van der Waals surface area contributed by atoms with Crippen LogP contribution < -0.4 is 9.47 Å².